The van der Waals surface area contributed by atoms with Gasteiger partial charge in [0, 0.05) is 16.5 Å². The highest BCUT2D eigenvalue weighted by atomic mass is 79.9. The van der Waals surface area contributed by atoms with E-state index in [0.717, 1.165) is 10.8 Å². The largest absolute Gasteiger partial charge is 0.496 e. The summed E-state index contributed by atoms with van der Waals surface area (Å²) < 4.78 is 11.3. The number of carbonyl (C=O) groups is 2. The van der Waals surface area contributed by atoms with Gasteiger partial charge in [-0.15, -0.1) is 0 Å². The van der Waals surface area contributed by atoms with Gasteiger partial charge in [0.1, 0.15) is 17.6 Å². The molecule has 0 aliphatic carbocycles. The number of ether oxygens (including phenoxy) is 2. The molecule has 1 N–H and O–H groups in total. The van der Waals surface area contributed by atoms with Gasteiger partial charge < -0.3 is 19.6 Å². The van der Waals surface area contributed by atoms with Gasteiger partial charge in [-0.25, -0.2) is 4.79 Å². The first kappa shape index (κ1) is 17.5. The van der Waals surface area contributed by atoms with Gasteiger partial charge in [0.25, 0.3) is 0 Å². The second kappa shape index (κ2) is 7.45. The number of hydrogen-bond donors (Lipinski definition) is 1. The van der Waals surface area contributed by atoms with Gasteiger partial charge in [0.2, 0.25) is 0 Å². The molecule has 0 spiro atoms. The second-order valence-corrected chi connectivity index (χ2v) is 6.40. The fourth-order valence-electron chi connectivity index (χ4n) is 1.79. The number of amides is 1. The maximum absolute atomic E-state index is 11.9. The minimum absolute atomic E-state index is 0.131. The van der Waals surface area contributed by atoms with Crippen LogP contribution in [0, 0.1) is 0 Å². The summed E-state index contributed by atoms with van der Waals surface area (Å²) in [5.41, 5.74) is 0.113. The Hall–Kier alpha value is -1.56. The molecule has 0 saturated carbocycles. The van der Waals surface area contributed by atoms with Crippen LogP contribution in [-0.4, -0.2) is 25.1 Å². The van der Waals surface area contributed by atoms with Gasteiger partial charge in [-0.05, 0) is 39.0 Å². The van der Waals surface area contributed by atoms with E-state index in [1.807, 2.05) is 12.1 Å². The average molecular weight is 358 g/mol. The Morgan fingerprint density at radius 3 is 2.62 bits per heavy atom. The number of aldehydes is 1. The van der Waals surface area contributed by atoms with Crippen molar-refractivity contribution in [3.8, 4) is 5.75 Å². The standard InChI is InChI=1S/C15H20BrNO4/c1-15(2,3)21-14(19)17-12(7-8-18)11-9-10(16)5-6-13(11)20-4/h5-6,8-9,12H,7H2,1-4H3,(H,17,19)/t12-/m1/s1. The smallest absolute Gasteiger partial charge is 0.408 e. The van der Waals surface area contributed by atoms with Crippen molar-refractivity contribution < 1.29 is 19.1 Å². The van der Waals surface area contributed by atoms with Crippen LogP contribution < -0.4 is 10.1 Å². The topological polar surface area (TPSA) is 64.6 Å². The molecule has 1 atom stereocenters. The predicted octanol–water partition coefficient (Wildman–Crippen LogP) is 3.61. The number of halogens is 1. The fourth-order valence-corrected chi connectivity index (χ4v) is 2.17. The van der Waals surface area contributed by atoms with E-state index in [4.69, 9.17) is 9.47 Å². The van der Waals surface area contributed by atoms with Gasteiger partial charge in [0.15, 0.2) is 0 Å². The van der Waals surface area contributed by atoms with Crippen LogP contribution in [-0.2, 0) is 9.53 Å². The molecule has 0 unspecified atom stereocenters. The molecule has 0 aromatic heterocycles. The van der Waals surface area contributed by atoms with Crippen LogP contribution in [0.25, 0.3) is 0 Å². The van der Waals surface area contributed by atoms with Crippen molar-refractivity contribution in [2.75, 3.05) is 7.11 Å². The number of carbonyl (C=O) groups excluding carboxylic acids is 2. The Morgan fingerprint density at radius 2 is 2.10 bits per heavy atom. The van der Waals surface area contributed by atoms with E-state index < -0.39 is 17.7 Å². The minimum Gasteiger partial charge on any atom is -0.496 e. The molecule has 1 amide bonds. The molecule has 6 heteroatoms. The molecule has 116 valence electrons. The highest BCUT2D eigenvalue weighted by molar-refractivity contribution is 9.10. The fraction of sp³-hybridized carbons (Fsp3) is 0.467. The second-order valence-electron chi connectivity index (χ2n) is 5.49. The lowest BCUT2D eigenvalue weighted by molar-refractivity contribution is -0.108. The Bertz CT molecular complexity index is 511. The molecule has 5 nitrogen and oxygen atoms in total. The monoisotopic (exact) mass is 357 g/mol. The van der Waals surface area contributed by atoms with Crippen LogP contribution in [0.4, 0.5) is 4.79 Å². The van der Waals surface area contributed by atoms with E-state index in [1.165, 1.54) is 7.11 Å². The lowest BCUT2D eigenvalue weighted by Crippen LogP contribution is -2.35. The molecule has 0 saturated heterocycles. The summed E-state index contributed by atoms with van der Waals surface area (Å²) in [6.45, 7) is 5.34. The van der Waals surface area contributed by atoms with E-state index in [-0.39, 0.29) is 6.42 Å². The van der Waals surface area contributed by atoms with E-state index in [0.29, 0.717) is 11.3 Å². The Morgan fingerprint density at radius 1 is 1.43 bits per heavy atom. The lowest BCUT2D eigenvalue weighted by Gasteiger charge is -2.24. The molecule has 0 fully saturated rings. The molecular weight excluding hydrogens is 338 g/mol. The zero-order valence-corrected chi connectivity index (χ0v) is 14.2. The van der Waals surface area contributed by atoms with Crippen molar-refractivity contribution in [2.24, 2.45) is 0 Å². The van der Waals surface area contributed by atoms with Crippen LogP contribution in [0.1, 0.15) is 38.8 Å². The summed E-state index contributed by atoms with van der Waals surface area (Å²) >= 11 is 3.37. The lowest BCUT2D eigenvalue weighted by atomic mass is 10.0. The van der Waals surface area contributed by atoms with Crippen molar-refractivity contribution in [2.45, 2.75) is 38.8 Å². The van der Waals surface area contributed by atoms with Gasteiger partial charge in [0.05, 0.1) is 13.2 Å². The third-order valence-electron chi connectivity index (χ3n) is 2.59. The molecule has 1 rings (SSSR count). The van der Waals surface area contributed by atoms with Gasteiger partial charge in [-0.2, -0.15) is 0 Å². The number of rotatable bonds is 5. The number of nitrogens with one attached hydrogen (secondary N) is 1. The maximum atomic E-state index is 11.9. The summed E-state index contributed by atoms with van der Waals surface area (Å²) in [5, 5.41) is 2.70. The minimum atomic E-state index is -0.600. The van der Waals surface area contributed by atoms with Crippen LogP contribution in [0.3, 0.4) is 0 Å². The van der Waals surface area contributed by atoms with Gasteiger partial charge in [-0.1, -0.05) is 15.9 Å². The molecule has 0 radical (unpaired) electrons. The molecular formula is C15H20BrNO4. The number of alkyl carbamates (subject to hydrolysis) is 1. The van der Waals surface area contributed by atoms with Crippen molar-refractivity contribution in [3.63, 3.8) is 0 Å². The zero-order valence-electron chi connectivity index (χ0n) is 12.6. The Labute approximate surface area is 133 Å². The summed E-state index contributed by atoms with van der Waals surface area (Å²) in [6, 6.07) is 4.90. The molecule has 1 aromatic carbocycles. The van der Waals surface area contributed by atoms with Crippen molar-refractivity contribution in [1.29, 1.82) is 0 Å². The SMILES string of the molecule is COc1ccc(Br)cc1[C@@H](CC=O)NC(=O)OC(C)(C)C. The van der Waals surface area contributed by atoms with E-state index >= 15 is 0 Å². The molecule has 1 aromatic rings. The highest BCUT2D eigenvalue weighted by Crippen LogP contribution is 2.30. The van der Waals surface area contributed by atoms with Crippen molar-refractivity contribution >= 4 is 28.3 Å². The molecule has 21 heavy (non-hydrogen) atoms. The highest BCUT2D eigenvalue weighted by Gasteiger charge is 2.22. The number of methoxy groups -OCH3 is 1. The maximum Gasteiger partial charge on any atom is 0.408 e. The summed E-state index contributed by atoms with van der Waals surface area (Å²) in [7, 11) is 1.54. The quantitative estimate of drug-likeness (QED) is 0.817. The van der Waals surface area contributed by atoms with E-state index in [2.05, 4.69) is 21.2 Å². The molecule has 0 aliphatic rings. The van der Waals surface area contributed by atoms with Crippen molar-refractivity contribution in [3.05, 3.63) is 28.2 Å². The van der Waals surface area contributed by atoms with E-state index in [9.17, 15) is 9.59 Å². The van der Waals surface area contributed by atoms with Crippen LogP contribution in [0.2, 0.25) is 0 Å². The van der Waals surface area contributed by atoms with Gasteiger partial charge in [-0.3, -0.25) is 0 Å². The summed E-state index contributed by atoms with van der Waals surface area (Å²) in [4.78, 5) is 22.8. The summed E-state index contributed by atoms with van der Waals surface area (Å²) in [6.07, 6.45) is 0.311. The normalized spacial score (nSPS) is 12.4. The van der Waals surface area contributed by atoms with Gasteiger partial charge >= 0.3 is 6.09 Å². The first-order valence-corrected chi connectivity index (χ1v) is 7.32. The zero-order chi connectivity index (χ0) is 16.0. The molecule has 0 heterocycles. The first-order chi connectivity index (χ1) is 9.76. The van der Waals surface area contributed by atoms with Crippen LogP contribution >= 0.6 is 15.9 Å². The van der Waals surface area contributed by atoms with Crippen LogP contribution in [0.5, 0.6) is 5.75 Å². The summed E-state index contributed by atoms with van der Waals surface area (Å²) in [5.74, 6) is 0.598. The van der Waals surface area contributed by atoms with Crippen molar-refractivity contribution in [1.82, 2.24) is 5.32 Å². The Balaban J connectivity index is 2.99. The third kappa shape index (κ3) is 5.75. The predicted molar refractivity (Wildman–Crippen MR) is 83.5 cm³/mol. The average Bonchev–Trinajstić information content (AvgIpc) is 2.36. The Kier molecular flexibility index (Phi) is 6.20. The third-order valence-corrected chi connectivity index (χ3v) is 3.08. The van der Waals surface area contributed by atoms with E-state index in [1.54, 1.807) is 26.8 Å². The molecule has 0 bridgehead atoms. The molecule has 0 aliphatic heterocycles. The number of benzene rings is 1. The van der Waals surface area contributed by atoms with Crippen LogP contribution in [0.15, 0.2) is 22.7 Å². The number of hydrogen-bond acceptors (Lipinski definition) is 4. The first-order valence-electron chi connectivity index (χ1n) is 6.53.